The van der Waals surface area contributed by atoms with E-state index >= 15 is 0 Å². The summed E-state index contributed by atoms with van der Waals surface area (Å²) in [6.07, 6.45) is 6.46. The van der Waals surface area contributed by atoms with Crippen molar-refractivity contribution in [3.8, 4) is 0 Å². The fourth-order valence-corrected chi connectivity index (χ4v) is 2.79. The second-order valence-corrected chi connectivity index (χ2v) is 5.27. The Morgan fingerprint density at radius 2 is 2.16 bits per heavy atom. The zero-order chi connectivity index (χ0) is 13.7. The molecule has 1 aliphatic rings. The zero-order valence-corrected chi connectivity index (χ0v) is 11.4. The van der Waals surface area contributed by atoms with Gasteiger partial charge in [0, 0.05) is 19.4 Å². The molecule has 6 nitrogen and oxygen atoms in total. The van der Waals surface area contributed by atoms with Crippen molar-refractivity contribution in [1.82, 2.24) is 15.5 Å². The largest absolute Gasteiger partial charge is 0.424 e. The van der Waals surface area contributed by atoms with Gasteiger partial charge in [-0.3, -0.25) is 4.79 Å². The Bertz CT molecular complexity index is 413. The number of nitrogens with two attached hydrogens (primary N) is 1. The number of amides is 1. The highest BCUT2D eigenvalue weighted by Gasteiger charge is 2.25. The normalized spacial score (nSPS) is 18.4. The van der Waals surface area contributed by atoms with Crippen molar-refractivity contribution in [3.05, 3.63) is 11.8 Å². The number of rotatable bonds is 6. The summed E-state index contributed by atoms with van der Waals surface area (Å²) in [4.78, 5) is 11.2. The quantitative estimate of drug-likeness (QED) is 0.809. The smallest absolute Gasteiger partial charge is 0.230 e. The Labute approximate surface area is 113 Å². The van der Waals surface area contributed by atoms with Crippen LogP contribution < -0.4 is 11.1 Å². The van der Waals surface area contributed by atoms with Gasteiger partial charge in [0.1, 0.15) is 0 Å². The molecule has 1 saturated carbocycles. The van der Waals surface area contributed by atoms with Crippen molar-refractivity contribution >= 4 is 5.91 Å². The molecule has 0 radical (unpaired) electrons. The predicted octanol–water partition coefficient (Wildman–Crippen LogP) is 1.29. The van der Waals surface area contributed by atoms with E-state index in [4.69, 9.17) is 10.2 Å². The Hall–Kier alpha value is -1.43. The third-order valence-corrected chi connectivity index (χ3v) is 3.72. The first-order valence-corrected chi connectivity index (χ1v) is 6.96. The molecule has 1 aromatic heterocycles. The van der Waals surface area contributed by atoms with Crippen molar-refractivity contribution in [3.63, 3.8) is 0 Å². The third-order valence-electron chi connectivity index (χ3n) is 3.72. The Morgan fingerprint density at radius 3 is 2.74 bits per heavy atom. The van der Waals surface area contributed by atoms with E-state index in [-0.39, 0.29) is 11.9 Å². The fourth-order valence-electron chi connectivity index (χ4n) is 2.79. The van der Waals surface area contributed by atoms with Crippen molar-refractivity contribution in [2.75, 3.05) is 0 Å². The maximum atomic E-state index is 11.2. The third kappa shape index (κ3) is 4.31. The van der Waals surface area contributed by atoms with Crippen LogP contribution in [0.2, 0.25) is 0 Å². The topological polar surface area (TPSA) is 94.0 Å². The average molecular weight is 266 g/mol. The van der Waals surface area contributed by atoms with Gasteiger partial charge in [-0.25, -0.2) is 0 Å². The number of hydrogen-bond acceptors (Lipinski definition) is 5. The number of nitrogens with zero attached hydrogens (tertiary/aromatic N) is 2. The van der Waals surface area contributed by atoms with Crippen LogP contribution in [-0.4, -0.2) is 22.1 Å². The van der Waals surface area contributed by atoms with Crippen molar-refractivity contribution in [1.29, 1.82) is 0 Å². The number of aromatic nitrogens is 2. The Balaban J connectivity index is 1.90. The van der Waals surface area contributed by atoms with Crippen molar-refractivity contribution < 1.29 is 9.21 Å². The van der Waals surface area contributed by atoms with Crippen LogP contribution in [0.4, 0.5) is 0 Å². The lowest BCUT2D eigenvalue weighted by molar-refractivity contribution is -0.118. The molecular weight excluding hydrogens is 244 g/mol. The summed E-state index contributed by atoms with van der Waals surface area (Å²) in [5.74, 6) is 1.37. The number of primary amides is 1. The molecule has 1 heterocycles. The molecule has 1 fully saturated rings. The van der Waals surface area contributed by atoms with E-state index in [1.807, 2.05) is 0 Å². The monoisotopic (exact) mass is 266 g/mol. The lowest BCUT2D eigenvalue weighted by Crippen LogP contribution is -2.40. The molecule has 0 unspecified atom stereocenters. The molecule has 1 amide bonds. The molecule has 6 heteroatoms. The molecule has 0 aliphatic heterocycles. The van der Waals surface area contributed by atoms with Gasteiger partial charge in [0.25, 0.3) is 0 Å². The van der Waals surface area contributed by atoms with Crippen LogP contribution in [0.25, 0.3) is 0 Å². The molecule has 1 aliphatic carbocycles. The highest BCUT2D eigenvalue weighted by atomic mass is 16.4. The lowest BCUT2D eigenvalue weighted by Gasteiger charge is -2.30. The molecule has 0 spiro atoms. The highest BCUT2D eigenvalue weighted by molar-refractivity contribution is 5.74. The SMILES string of the molecule is Cc1nnc(CN[C@H](CC(N)=O)C2CCCCC2)o1. The van der Waals surface area contributed by atoms with Crippen LogP contribution in [0.5, 0.6) is 0 Å². The summed E-state index contributed by atoms with van der Waals surface area (Å²) < 4.78 is 5.33. The second kappa shape index (κ2) is 6.65. The van der Waals surface area contributed by atoms with Gasteiger partial charge in [0.15, 0.2) is 0 Å². The molecule has 1 aromatic rings. The van der Waals surface area contributed by atoms with Crippen LogP contribution in [0.1, 0.15) is 50.3 Å². The molecule has 106 valence electrons. The van der Waals surface area contributed by atoms with Gasteiger partial charge in [-0.2, -0.15) is 0 Å². The maximum Gasteiger partial charge on any atom is 0.230 e. The molecule has 0 saturated heterocycles. The van der Waals surface area contributed by atoms with Gasteiger partial charge in [0.2, 0.25) is 17.7 Å². The van der Waals surface area contributed by atoms with Crippen molar-refractivity contribution in [2.24, 2.45) is 11.7 Å². The number of carbonyl (C=O) groups excluding carboxylic acids is 1. The summed E-state index contributed by atoms with van der Waals surface area (Å²) in [6.45, 7) is 2.26. The molecule has 19 heavy (non-hydrogen) atoms. The first kappa shape index (κ1) is 14.0. The molecule has 3 N–H and O–H groups in total. The summed E-state index contributed by atoms with van der Waals surface area (Å²) in [5, 5.41) is 11.1. The molecule has 2 rings (SSSR count). The number of nitrogens with one attached hydrogen (secondary N) is 1. The van der Waals surface area contributed by atoms with E-state index in [0.717, 1.165) is 12.8 Å². The first-order valence-electron chi connectivity index (χ1n) is 6.96. The Morgan fingerprint density at radius 1 is 1.42 bits per heavy atom. The standard InChI is InChI=1S/C13H22N4O2/c1-9-16-17-13(19-9)8-15-11(7-12(14)18)10-5-3-2-4-6-10/h10-11,15H,2-8H2,1H3,(H2,14,18)/t11-/m1/s1. The summed E-state index contributed by atoms with van der Waals surface area (Å²) in [5.41, 5.74) is 5.34. The van der Waals surface area contributed by atoms with Gasteiger partial charge in [-0.1, -0.05) is 19.3 Å². The van der Waals surface area contributed by atoms with Crippen LogP contribution in [0, 0.1) is 12.8 Å². The number of hydrogen-bond donors (Lipinski definition) is 2. The fraction of sp³-hybridized carbons (Fsp3) is 0.769. The molecular formula is C13H22N4O2. The maximum absolute atomic E-state index is 11.2. The van der Waals surface area contributed by atoms with Crippen LogP contribution in [-0.2, 0) is 11.3 Å². The van der Waals surface area contributed by atoms with Crippen molar-refractivity contribution in [2.45, 2.75) is 58.0 Å². The molecule has 1 atom stereocenters. The minimum atomic E-state index is -0.259. The molecule has 0 aromatic carbocycles. The molecule has 0 bridgehead atoms. The minimum absolute atomic E-state index is 0.116. The predicted molar refractivity (Wildman–Crippen MR) is 70.0 cm³/mol. The summed E-state index contributed by atoms with van der Waals surface area (Å²) >= 11 is 0. The van der Waals surface area contributed by atoms with Gasteiger partial charge >= 0.3 is 0 Å². The van der Waals surface area contributed by atoms with Gasteiger partial charge in [-0.05, 0) is 18.8 Å². The Kier molecular flexibility index (Phi) is 4.90. The van der Waals surface area contributed by atoms with Gasteiger partial charge < -0.3 is 15.5 Å². The van der Waals surface area contributed by atoms with E-state index in [9.17, 15) is 4.79 Å². The van der Waals surface area contributed by atoms with Gasteiger partial charge in [-0.15, -0.1) is 10.2 Å². The van der Waals surface area contributed by atoms with Crippen LogP contribution in [0.3, 0.4) is 0 Å². The van der Waals surface area contributed by atoms with Gasteiger partial charge in [0.05, 0.1) is 6.54 Å². The second-order valence-electron chi connectivity index (χ2n) is 5.27. The number of aryl methyl sites for hydroxylation is 1. The van der Waals surface area contributed by atoms with E-state index in [1.165, 1.54) is 19.3 Å². The van der Waals surface area contributed by atoms with E-state index < -0.39 is 0 Å². The minimum Gasteiger partial charge on any atom is -0.424 e. The zero-order valence-electron chi connectivity index (χ0n) is 11.4. The van der Waals surface area contributed by atoms with Crippen LogP contribution in [0.15, 0.2) is 4.42 Å². The average Bonchev–Trinajstić information content (AvgIpc) is 2.81. The summed E-state index contributed by atoms with van der Waals surface area (Å²) in [6, 6.07) is 0.116. The van der Waals surface area contributed by atoms with Crippen LogP contribution >= 0.6 is 0 Å². The van der Waals surface area contributed by atoms with E-state index in [2.05, 4.69) is 15.5 Å². The lowest BCUT2D eigenvalue weighted by atomic mass is 9.82. The highest BCUT2D eigenvalue weighted by Crippen LogP contribution is 2.27. The van der Waals surface area contributed by atoms with E-state index in [0.29, 0.717) is 30.7 Å². The number of carbonyl (C=O) groups is 1. The first-order chi connectivity index (χ1) is 9.15. The van der Waals surface area contributed by atoms with E-state index in [1.54, 1.807) is 6.92 Å². The summed E-state index contributed by atoms with van der Waals surface area (Å²) in [7, 11) is 0.